The second-order valence-electron chi connectivity index (χ2n) is 14.4. The van der Waals surface area contributed by atoms with Crippen molar-refractivity contribution >= 4 is 76.9 Å². The summed E-state index contributed by atoms with van der Waals surface area (Å²) >= 11 is 7.10. The molecule has 7 heteroatoms. The first-order chi connectivity index (χ1) is 28.7. The Morgan fingerprint density at radius 2 is 1.03 bits per heavy atom. The Morgan fingerprint density at radius 3 is 1.83 bits per heavy atom. The van der Waals surface area contributed by atoms with Crippen LogP contribution in [0.4, 0.5) is 0 Å². The van der Waals surface area contributed by atoms with E-state index in [1.807, 2.05) is 78.9 Å². The molecule has 12 aromatic rings. The minimum atomic E-state index is 0.434. The molecule has 12 rings (SSSR count). The van der Waals surface area contributed by atoms with Gasteiger partial charge in [-0.2, -0.15) is 0 Å². The predicted molar refractivity (Wildman–Crippen MR) is 235 cm³/mol. The van der Waals surface area contributed by atoms with Gasteiger partial charge in [-0.25, -0.2) is 15.0 Å². The van der Waals surface area contributed by atoms with E-state index in [4.69, 9.17) is 35.7 Å². The Balaban J connectivity index is 1.05. The van der Waals surface area contributed by atoms with E-state index in [9.17, 15) is 0 Å². The monoisotopic (exact) mass is 764 g/mol. The third-order valence-electron chi connectivity index (χ3n) is 11.1. The first-order valence-electron chi connectivity index (χ1n) is 19.1. The summed E-state index contributed by atoms with van der Waals surface area (Å²) in [6.45, 7) is 0. The Hall–Kier alpha value is -7.54. The van der Waals surface area contributed by atoms with Gasteiger partial charge in [-0.1, -0.05) is 133 Å². The number of fused-ring (bicyclic) bond motifs is 6. The highest BCUT2D eigenvalue weighted by Crippen LogP contribution is 2.48. The smallest absolute Gasteiger partial charge is 0.167 e. The lowest BCUT2D eigenvalue weighted by Crippen LogP contribution is -2.02. The van der Waals surface area contributed by atoms with Gasteiger partial charge in [0, 0.05) is 43.7 Å². The van der Waals surface area contributed by atoms with Gasteiger partial charge in [0.05, 0.1) is 21.6 Å². The van der Waals surface area contributed by atoms with Crippen LogP contribution in [0.3, 0.4) is 0 Å². The molecule has 0 amide bonds. The molecule has 0 radical (unpaired) electrons. The Kier molecular flexibility index (Phi) is 7.18. The summed E-state index contributed by atoms with van der Waals surface area (Å²) < 4.78 is 15.7. The average Bonchev–Trinajstić information content (AvgIpc) is 3.83. The van der Waals surface area contributed by atoms with Crippen LogP contribution < -0.4 is 4.74 Å². The SMILES string of the molecule is Clc1cccc(-c2nc(-c3ccccc3)nc(-c3cccc(-n4c5ccccc5c5ccccc54)c3)n2)c1Oc1ccc2oc3cccc4c5ccccc5c1c2c34. The van der Waals surface area contributed by atoms with E-state index in [1.165, 1.54) is 10.8 Å². The molecule has 0 spiro atoms. The minimum absolute atomic E-state index is 0.434. The number of ether oxygens (including phenoxy) is 1. The summed E-state index contributed by atoms with van der Waals surface area (Å²) in [5.74, 6) is 2.61. The zero-order valence-electron chi connectivity index (χ0n) is 30.7. The molecule has 0 aliphatic rings. The normalized spacial score (nSPS) is 11.9. The summed E-state index contributed by atoms with van der Waals surface area (Å²) in [6.07, 6.45) is 0. The molecule has 0 atom stereocenters. The maximum atomic E-state index is 7.10. The quantitative estimate of drug-likeness (QED) is 0.158. The molecule has 0 aliphatic carbocycles. The fourth-order valence-corrected chi connectivity index (χ4v) is 8.84. The zero-order chi connectivity index (χ0) is 38.3. The van der Waals surface area contributed by atoms with Gasteiger partial charge in [0.15, 0.2) is 23.2 Å². The molecule has 0 saturated heterocycles. The first-order valence-corrected chi connectivity index (χ1v) is 19.5. The number of aromatic nitrogens is 4. The van der Waals surface area contributed by atoms with Gasteiger partial charge in [-0.15, -0.1) is 0 Å². The van der Waals surface area contributed by atoms with E-state index in [-0.39, 0.29) is 0 Å². The molecule has 9 aromatic carbocycles. The van der Waals surface area contributed by atoms with Crippen LogP contribution >= 0.6 is 11.6 Å². The second-order valence-corrected chi connectivity index (χ2v) is 14.9. The van der Waals surface area contributed by atoms with Gasteiger partial charge in [0.25, 0.3) is 0 Å². The average molecular weight is 765 g/mol. The number of halogens is 1. The summed E-state index contributed by atoms with van der Waals surface area (Å²) in [5.41, 5.74) is 7.25. The predicted octanol–water partition coefficient (Wildman–Crippen LogP) is 14.1. The van der Waals surface area contributed by atoms with Crippen LogP contribution in [0.2, 0.25) is 5.02 Å². The first kappa shape index (κ1) is 32.7. The van der Waals surface area contributed by atoms with Crippen molar-refractivity contribution in [3.05, 3.63) is 181 Å². The van der Waals surface area contributed by atoms with E-state index in [0.29, 0.717) is 39.6 Å². The van der Waals surface area contributed by atoms with Gasteiger partial charge in [0.1, 0.15) is 16.9 Å². The zero-order valence-corrected chi connectivity index (χ0v) is 31.5. The minimum Gasteiger partial charge on any atom is -0.456 e. The van der Waals surface area contributed by atoms with Crippen LogP contribution in [-0.2, 0) is 0 Å². The molecule has 0 saturated carbocycles. The van der Waals surface area contributed by atoms with Crippen molar-refractivity contribution < 1.29 is 9.15 Å². The van der Waals surface area contributed by atoms with Gasteiger partial charge in [0.2, 0.25) is 0 Å². The topological polar surface area (TPSA) is 66.0 Å². The fraction of sp³-hybridized carbons (Fsp3) is 0. The van der Waals surface area contributed by atoms with Crippen LogP contribution in [0.25, 0.3) is 105 Å². The van der Waals surface area contributed by atoms with E-state index < -0.39 is 0 Å². The second kappa shape index (κ2) is 12.7. The van der Waals surface area contributed by atoms with Crippen LogP contribution in [0.15, 0.2) is 180 Å². The number of hydrogen-bond donors (Lipinski definition) is 0. The molecule has 58 heavy (non-hydrogen) atoms. The van der Waals surface area contributed by atoms with Crippen molar-refractivity contribution in [1.82, 2.24) is 19.5 Å². The molecule has 6 nitrogen and oxygen atoms in total. The van der Waals surface area contributed by atoms with Crippen LogP contribution in [-0.4, -0.2) is 19.5 Å². The van der Waals surface area contributed by atoms with E-state index in [2.05, 4.69) is 102 Å². The van der Waals surface area contributed by atoms with Gasteiger partial charge < -0.3 is 13.7 Å². The summed E-state index contributed by atoms with van der Waals surface area (Å²) in [7, 11) is 0. The summed E-state index contributed by atoms with van der Waals surface area (Å²) in [5, 5.41) is 9.21. The van der Waals surface area contributed by atoms with E-state index in [1.54, 1.807) is 0 Å². The van der Waals surface area contributed by atoms with Crippen molar-refractivity contribution in [3.8, 4) is 51.3 Å². The molecule has 3 heterocycles. The highest BCUT2D eigenvalue weighted by molar-refractivity contribution is 6.34. The lowest BCUT2D eigenvalue weighted by atomic mass is 9.94. The highest BCUT2D eigenvalue weighted by atomic mass is 35.5. The number of benzene rings is 9. The molecule has 0 aliphatic heterocycles. The van der Waals surface area contributed by atoms with E-state index >= 15 is 0 Å². The Morgan fingerprint density at radius 1 is 0.448 bits per heavy atom. The largest absolute Gasteiger partial charge is 0.456 e. The molecule has 272 valence electrons. The maximum absolute atomic E-state index is 7.10. The number of nitrogens with zero attached hydrogens (tertiary/aromatic N) is 4. The van der Waals surface area contributed by atoms with Crippen LogP contribution in [0, 0.1) is 0 Å². The lowest BCUT2D eigenvalue weighted by Gasteiger charge is -2.16. The molecule has 3 aromatic heterocycles. The summed E-state index contributed by atoms with van der Waals surface area (Å²) in [4.78, 5) is 15.3. The van der Waals surface area contributed by atoms with Crippen molar-refractivity contribution in [2.75, 3.05) is 0 Å². The third kappa shape index (κ3) is 4.95. The van der Waals surface area contributed by atoms with Gasteiger partial charge in [-0.05, 0) is 70.8 Å². The molecule has 0 bridgehead atoms. The van der Waals surface area contributed by atoms with Crippen LogP contribution in [0.5, 0.6) is 11.5 Å². The van der Waals surface area contributed by atoms with Gasteiger partial charge >= 0.3 is 0 Å². The molecule has 0 N–H and O–H groups in total. The maximum Gasteiger partial charge on any atom is 0.167 e. The number of hydrogen-bond acceptors (Lipinski definition) is 5. The molecular weight excluding hydrogens is 736 g/mol. The number of para-hydroxylation sites is 3. The van der Waals surface area contributed by atoms with Crippen molar-refractivity contribution in [2.45, 2.75) is 0 Å². The number of rotatable bonds is 6. The molecule has 0 unspecified atom stereocenters. The lowest BCUT2D eigenvalue weighted by molar-refractivity contribution is 0.490. The molecular formula is C51H29ClN4O2. The van der Waals surface area contributed by atoms with Gasteiger partial charge in [-0.3, -0.25) is 0 Å². The Bertz CT molecular complexity index is 3520. The highest BCUT2D eigenvalue weighted by Gasteiger charge is 2.23. The van der Waals surface area contributed by atoms with Crippen LogP contribution in [0.1, 0.15) is 0 Å². The summed E-state index contributed by atoms with van der Waals surface area (Å²) in [6, 6.07) is 59.6. The number of furan rings is 1. The van der Waals surface area contributed by atoms with Crippen molar-refractivity contribution in [1.29, 1.82) is 0 Å². The van der Waals surface area contributed by atoms with Crippen molar-refractivity contribution in [2.24, 2.45) is 0 Å². The third-order valence-corrected chi connectivity index (χ3v) is 11.4. The molecule has 0 fully saturated rings. The fourth-order valence-electron chi connectivity index (χ4n) is 8.63. The Labute approximate surface area is 336 Å². The van der Waals surface area contributed by atoms with Crippen molar-refractivity contribution in [3.63, 3.8) is 0 Å². The van der Waals surface area contributed by atoms with E-state index in [0.717, 1.165) is 71.3 Å². The standard InChI is InChI=1S/C51H29ClN4O2/c52-39-23-11-22-38(48(39)58-43-27-28-44-47-45-37(21-12-26-42(45)57-44)33-17-4-5-20-36(33)46(43)47)51-54-49(30-13-2-1-3-14-30)53-50(55-51)31-15-10-16-32(29-31)56-40-24-8-6-18-34(40)35-19-7-9-25-41(35)56/h1-29H.